The summed E-state index contributed by atoms with van der Waals surface area (Å²) in [5, 5.41) is 1.04. The maximum Gasteiger partial charge on any atom is 0.443 e. The normalized spacial score (nSPS) is 21.3. The quantitative estimate of drug-likeness (QED) is 0.691. The first-order valence-corrected chi connectivity index (χ1v) is 4.73. The standard InChI is InChI=1S/C9H15NO4/c1-4-8(11)14-10-7(6(2)3)5-13-9(10)12/h6-7H,4-5H2,1-3H3/t7-/m0/s1. The summed E-state index contributed by atoms with van der Waals surface area (Å²) in [7, 11) is 0. The highest BCUT2D eigenvalue weighted by Gasteiger charge is 2.38. The summed E-state index contributed by atoms with van der Waals surface area (Å²) in [6, 6.07) is -0.169. The topological polar surface area (TPSA) is 55.8 Å². The van der Waals surface area contributed by atoms with Crippen LogP contribution in [0.5, 0.6) is 0 Å². The van der Waals surface area contributed by atoms with E-state index in [1.807, 2.05) is 13.8 Å². The second kappa shape index (κ2) is 4.30. The molecule has 5 heteroatoms. The molecule has 1 aliphatic heterocycles. The number of rotatable bonds is 3. The molecule has 5 nitrogen and oxygen atoms in total. The van der Waals surface area contributed by atoms with Gasteiger partial charge in [-0.05, 0) is 5.92 Å². The zero-order valence-electron chi connectivity index (χ0n) is 8.65. The number of hydroxylamine groups is 2. The Balaban J connectivity index is 2.62. The minimum atomic E-state index is -0.578. The van der Waals surface area contributed by atoms with Gasteiger partial charge in [-0.25, -0.2) is 9.59 Å². The second-order valence-electron chi connectivity index (χ2n) is 3.53. The van der Waals surface area contributed by atoms with Crippen LogP contribution < -0.4 is 0 Å². The SMILES string of the molecule is CCC(=O)ON1C(=O)OC[C@H]1C(C)C. The van der Waals surface area contributed by atoms with Crippen molar-refractivity contribution in [3.8, 4) is 0 Å². The molecule has 1 rings (SSSR count). The zero-order chi connectivity index (χ0) is 10.7. The van der Waals surface area contributed by atoms with E-state index in [4.69, 9.17) is 9.57 Å². The fourth-order valence-corrected chi connectivity index (χ4v) is 1.17. The Hall–Kier alpha value is -1.26. The third kappa shape index (κ3) is 2.16. The number of hydrogen-bond donors (Lipinski definition) is 0. The van der Waals surface area contributed by atoms with Crippen LogP contribution in [0.3, 0.4) is 0 Å². The summed E-state index contributed by atoms with van der Waals surface area (Å²) in [6.45, 7) is 5.85. The van der Waals surface area contributed by atoms with Crippen molar-refractivity contribution in [3.05, 3.63) is 0 Å². The number of carbonyl (C=O) groups is 2. The van der Waals surface area contributed by atoms with E-state index in [0.29, 0.717) is 0 Å². The fourth-order valence-electron chi connectivity index (χ4n) is 1.17. The van der Waals surface area contributed by atoms with E-state index in [1.54, 1.807) is 6.92 Å². The highest BCUT2D eigenvalue weighted by atomic mass is 16.8. The van der Waals surface area contributed by atoms with Crippen molar-refractivity contribution in [3.63, 3.8) is 0 Å². The molecule has 1 heterocycles. The van der Waals surface area contributed by atoms with E-state index in [1.165, 1.54) is 0 Å². The molecule has 80 valence electrons. The minimum absolute atomic E-state index is 0.169. The van der Waals surface area contributed by atoms with Gasteiger partial charge in [-0.15, -0.1) is 5.06 Å². The van der Waals surface area contributed by atoms with Gasteiger partial charge < -0.3 is 9.57 Å². The van der Waals surface area contributed by atoms with Crippen molar-refractivity contribution < 1.29 is 19.2 Å². The summed E-state index contributed by atoms with van der Waals surface area (Å²) < 4.78 is 4.79. The molecular weight excluding hydrogens is 186 g/mol. The van der Waals surface area contributed by atoms with Crippen LogP contribution in [0.1, 0.15) is 27.2 Å². The van der Waals surface area contributed by atoms with Gasteiger partial charge in [0.05, 0.1) is 0 Å². The minimum Gasteiger partial charge on any atom is -0.445 e. The number of hydrogen-bond acceptors (Lipinski definition) is 4. The highest BCUT2D eigenvalue weighted by Crippen LogP contribution is 2.19. The number of carbonyl (C=O) groups excluding carboxylic acids is 2. The van der Waals surface area contributed by atoms with Crippen molar-refractivity contribution in [1.29, 1.82) is 0 Å². The van der Waals surface area contributed by atoms with Crippen LogP contribution in [0.15, 0.2) is 0 Å². The van der Waals surface area contributed by atoms with Crippen LogP contribution >= 0.6 is 0 Å². The predicted octanol–water partition coefficient (Wildman–Crippen LogP) is 1.33. The lowest BCUT2D eigenvalue weighted by Crippen LogP contribution is -2.38. The van der Waals surface area contributed by atoms with E-state index in [-0.39, 0.29) is 25.0 Å². The van der Waals surface area contributed by atoms with Crippen molar-refractivity contribution in [2.45, 2.75) is 33.2 Å². The van der Waals surface area contributed by atoms with Crippen LogP contribution in [-0.2, 0) is 14.4 Å². The molecule has 0 saturated carbocycles. The Labute approximate surface area is 82.9 Å². The molecule has 1 atom stereocenters. The molecule has 1 amide bonds. The molecule has 0 aliphatic carbocycles. The predicted molar refractivity (Wildman–Crippen MR) is 48.2 cm³/mol. The summed E-state index contributed by atoms with van der Waals surface area (Å²) in [4.78, 5) is 27.0. The molecule has 0 aromatic heterocycles. The monoisotopic (exact) mass is 201 g/mol. The molecule has 1 fully saturated rings. The van der Waals surface area contributed by atoms with E-state index >= 15 is 0 Å². The molecule has 0 aromatic carbocycles. The van der Waals surface area contributed by atoms with E-state index in [2.05, 4.69) is 0 Å². The van der Waals surface area contributed by atoms with Gasteiger partial charge in [0.25, 0.3) is 0 Å². The Morgan fingerprint density at radius 3 is 2.86 bits per heavy atom. The van der Waals surface area contributed by atoms with Crippen LogP contribution in [0.25, 0.3) is 0 Å². The van der Waals surface area contributed by atoms with Crippen LogP contribution in [0.4, 0.5) is 4.79 Å². The maximum absolute atomic E-state index is 11.2. The van der Waals surface area contributed by atoms with Crippen LogP contribution in [0, 0.1) is 5.92 Å². The summed E-state index contributed by atoms with van der Waals surface area (Å²) >= 11 is 0. The lowest BCUT2D eigenvalue weighted by Gasteiger charge is -2.21. The van der Waals surface area contributed by atoms with Crippen LogP contribution in [-0.4, -0.2) is 29.8 Å². The molecule has 0 unspecified atom stereocenters. The Morgan fingerprint density at radius 1 is 1.71 bits per heavy atom. The molecule has 0 spiro atoms. The van der Waals surface area contributed by atoms with Crippen molar-refractivity contribution in [1.82, 2.24) is 5.06 Å². The average Bonchev–Trinajstić information content (AvgIpc) is 2.48. The van der Waals surface area contributed by atoms with E-state index < -0.39 is 12.1 Å². The molecule has 14 heavy (non-hydrogen) atoms. The van der Waals surface area contributed by atoms with Crippen molar-refractivity contribution in [2.24, 2.45) is 5.92 Å². The van der Waals surface area contributed by atoms with Crippen molar-refractivity contribution in [2.75, 3.05) is 6.61 Å². The third-order valence-electron chi connectivity index (χ3n) is 2.12. The van der Waals surface area contributed by atoms with Gasteiger partial charge in [-0.2, -0.15) is 0 Å². The largest absolute Gasteiger partial charge is 0.445 e. The smallest absolute Gasteiger partial charge is 0.443 e. The third-order valence-corrected chi connectivity index (χ3v) is 2.12. The first-order valence-electron chi connectivity index (χ1n) is 4.73. The lowest BCUT2D eigenvalue weighted by atomic mass is 10.1. The Bertz CT molecular complexity index is 239. The molecule has 0 bridgehead atoms. The van der Waals surface area contributed by atoms with E-state index in [9.17, 15) is 9.59 Å². The molecule has 0 N–H and O–H groups in total. The molecule has 1 aliphatic rings. The zero-order valence-corrected chi connectivity index (χ0v) is 8.65. The molecule has 1 saturated heterocycles. The van der Waals surface area contributed by atoms with Gasteiger partial charge in [-0.3, -0.25) is 0 Å². The summed E-state index contributed by atoms with van der Waals surface area (Å²) in [5.74, 6) is -0.222. The van der Waals surface area contributed by atoms with Gasteiger partial charge in [0, 0.05) is 6.42 Å². The van der Waals surface area contributed by atoms with Gasteiger partial charge >= 0.3 is 12.1 Å². The fraction of sp³-hybridized carbons (Fsp3) is 0.778. The molecule has 0 aromatic rings. The lowest BCUT2D eigenvalue weighted by molar-refractivity contribution is -0.182. The van der Waals surface area contributed by atoms with Gasteiger partial charge in [0.2, 0.25) is 0 Å². The highest BCUT2D eigenvalue weighted by molar-refractivity contribution is 5.74. The van der Waals surface area contributed by atoms with Crippen LogP contribution in [0.2, 0.25) is 0 Å². The first-order chi connectivity index (χ1) is 6.56. The number of amides is 1. The summed E-state index contributed by atoms with van der Waals surface area (Å²) in [6.07, 6.45) is -0.334. The summed E-state index contributed by atoms with van der Waals surface area (Å²) in [5.41, 5.74) is 0. The van der Waals surface area contributed by atoms with Crippen molar-refractivity contribution >= 4 is 12.1 Å². The van der Waals surface area contributed by atoms with Gasteiger partial charge in [0.1, 0.15) is 12.6 Å². The maximum atomic E-state index is 11.2. The Kier molecular flexibility index (Phi) is 3.33. The van der Waals surface area contributed by atoms with E-state index in [0.717, 1.165) is 5.06 Å². The number of cyclic esters (lactones) is 1. The second-order valence-corrected chi connectivity index (χ2v) is 3.53. The number of nitrogens with zero attached hydrogens (tertiary/aromatic N) is 1. The Morgan fingerprint density at radius 2 is 2.36 bits per heavy atom. The average molecular weight is 201 g/mol. The number of ether oxygens (including phenoxy) is 1. The molecular formula is C9H15NO4. The van der Waals surface area contributed by atoms with Gasteiger partial charge in [0.15, 0.2) is 0 Å². The molecule has 0 radical (unpaired) electrons. The first kappa shape index (κ1) is 10.8. The van der Waals surface area contributed by atoms with Gasteiger partial charge in [-0.1, -0.05) is 20.8 Å².